The number of fused-ring (bicyclic) bond motifs is 3. The lowest BCUT2D eigenvalue weighted by atomic mass is 10.0. The van der Waals surface area contributed by atoms with Crippen LogP contribution in [0.5, 0.6) is 0 Å². The first-order valence-electron chi connectivity index (χ1n) is 14.4. The maximum Gasteiger partial charge on any atom is 0.164 e. The Bertz CT molecular complexity index is 2220. The Morgan fingerprint density at radius 1 is 0.302 bits per heavy atom. The second kappa shape index (κ2) is 10.5. The normalized spacial score (nSPS) is 11.3. The van der Waals surface area contributed by atoms with Crippen LogP contribution < -0.4 is 0 Å². The second-order valence-corrected chi connectivity index (χ2v) is 10.6. The molecular formula is C39H26N4. The van der Waals surface area contributed by atoms with E-state index in [1.165, 1.54) is 16.3 Å². The first-order valence-corrected chi connectivity index (χ1v) is 14.4. The Morgan fingerprint density at radius 2 is 0.767 bits per heavy atom. The highest BCUT2D eigenvalue weighted by atomic mass is 15.0. The third kappa shape index (κ3) is 4.75. The van der Waals surface area contributed by atoms with Gasteiger partial charge in [0, 0.05) is 38.5 Å². The molecule has 2 aromatic heterocycles. The third-order valence-corrected chi connectivity index (χ3v) is 7.88. The average Bonchev–Trinajstić information content (AvgIpc) is 3.47. The van der Waals surface area contributed by atoms with Crippen LogP contribution in [0, 0.1) is 0 Å². The molecule has 202 valence electrons. The Hall–Kier alpha value is -5.87. The first kappa shape index (κ1) is 24.9. The summed E-state index contributed by atoms with van der Waals surface area (Å²) in [6, 6.07) is 52.3. The van der Waals surface area contributed by atoms with Gasteiger partial charge in [-0.2, -0.15) is 0 Å². The molecule has 2 heterocycles. The molecule has 1 N–H and O–H groups in total. The van der Waals surface area contributed by atoms with Crippen LogP contribution in [-0.4, -0.2) is 19.9 Å². The topological polar surface area (TPSA) is 54.5 Å². The van der Waals surface area contributed by atoms with Crippen molar-refractivity contribution in [3.8, 4) is 56.4 Å². The molecule has 0 fully saturated rings. The monoisotopic (exact) mass is 550 g/mol. The van der Waals surface area contributed by atoms with Crippen LogP contribution in [0.2, 0.25) is 0 Å². The summed E-state index contributed by atoms with van der Waals surface area (Å²) >= 11 is 0. The molecule has 8 rings (SSSR count). The van der Waals surface area contributed by atoms with Crippen LogP contribution in [-0.2, 0) is 0 Å². The predicted octanol–water partition coefficient (Wildman–Crippen LogP) is 9.84. The van der Waals surface area contributed by atoms with E-state index in [9.17, 15) is 0 Å². The van der Waals surface area contributed by atoms with Gasteiger partial charge in [0.15, 0.2) is 17.5 Å². The van der Waals surface area contributed by atoms with E-state index >= 15 is 0 Å². The number of hydrogen-bond donors (Lipinski definition) is 1. The lowest BCUT2D eigenvalue weighted by Crippen LogP contribution is -2.00. The van der Waals surface area contributed by atoms with Crippen LogP contribution in [0.25, 0.3) is 78.2 Å². The van der Waals surface area contributed by atoms with E-state index in [-0.39, 0.29) is 0 Å². The minimum absolute atomic E-state index is 0.643. The van der Waals surface area contributed by atoms with Crippen molar-refractivity contribution < 1.29 is 0 Å². The Balaban J connectivity index is 1.21. The van der Waals surface area contributed by atoms with E-state index in [0.717, 1.165) is 44.4 Å². The number of benzene rings is 6. The van der Waals surface area contributed by atoms with Gasteiger partial charge in [-0.1, -0.05) is 133 Å². The standard InChI is InChI=1S/C39H26N4/c1-3-10-26(11-4-1)27-18-20-29(21-19-27)38-41-37(28-12-5-2-6-13-28)42-39(43-38)32-15-9-14-30(24-32)31-22-23-34-33-16-7-8-17-35(33)40-36(34)25-31/h1-25,40H. The summed E-state index contributed by atoms with van der Waals surface area (Å²) in [5, 5.41) is 2.46. The van der Waals surface area contributed by atoms with Gasteiger partial charge in [-0.3, -0.25) is 0 Å². The van der Waals surface area contributed by atoms with Crippen molar-refractivity contribution in [1.82, 2.24) is 19.9 Å². The van der Waals surface area contributed by atoms with E-state index in [0.29, 0.717) is 17.5 Å². The summed E-state index contributed by atoms with van der Waals surface area (Å²) in [4.78, 5) is 18.4. The number of nitrogens with zero attached hydrogens (tertiary/aromatic N) is 3. The Kier molecular flexibility index (Phi) is 6.08. The van der Waals surface area contributed by atoms with Gasteiger partial charge in [0.25, 0.3) is 0 Å². The van der Waals surface area contributed by atoms with Crippen molar-refractivity contribution in [2.24, 2.45) is 0 Å². The SMILES string of the molecule is c1ccc(-c2ccc(-c3nc(-c4ccccc4)nc(-c4cccc(-c5ccc6c(c5)[nH]c5ccccc56)c4)n3)cc2)cc1. The molecular weight excluding hydrogens is 524 g/mol. The molecule has 0 aliphatic carbocycles. The quantitative estimate of drug-likeness (QED) is 0.232. The number of rotatable bonds is 5. The van der Waals surface area contributed by atoms with Crippen molar-refractivity contribution in [2.45, 2.75) is 0 Å². The molecule has 0 spiro atoms. The van der Waals surface area contributed by atoms with E-state index in [1.54, 1.807) is 0 Å². The van der Waals surface area contributed by atoms with Crippen molar-refractivity contribution >= 4 is 21.8 Å². The zero-order valence-corrected chi connectivity index (χ0v) is 23.3. The summed E-state index contributed by atoms with van der Waals surface area (Å²) in [6.07, 6.45) is 0. The van der Waals surface area contributed by atoms with Crippen LogP contribution in [0.3, 0.4) is 0 Å². The van der Waals surface area contributed by atoms with E-state index in [4.69, 9.17) is 15.0 Å². The van der Waals surface area contributed by atoms with E-state index in [2.05, 4.69) is 120 Å². The lowest BCUT2D eigenvalue weighted by Gasteiger charge is -2.10. The highest BCUT2D eigenvalue weighted by Crippen LogP contribution is 2.32. The molecule has 0 atom stereocenters. The second-order valence-electron chi connectivity index (χ2n) is 10.6. The lowest BCUT2D eigenvalue weighted by molar-refractivity contribution is 1.07. The average molecular weight is 551 g/mol. The molecule has 0 saturated heterocycles. The predicted molar refractivity (Wildman–Crippen MR) is 176 cm³/mol. The maximum atomic E-state index is 4.99. The first-order chi connectivity index (χ1) is 21.3. The van der Waals surface area contributed by atoms with Crippen molar-refractivity contribution in [3.05, 3.63) is 152 Å². The number of aromatic nitrogens is 4. The largest absolute Gasteiger partial charge is 0.354 e. The Morgan fingerprint density at radius 3 is 1.51 bits per heavy atom. The summed E-state index contributed by atoms with van der Waals surface area (Å²) in [5.74, 6) is 1.94. The van der Waals surface area contributed by atoms with Gasteiger partial charge >= 0.3 is 0 Å². The van der Waals surface area contributed by atoms with E-state index in [1.807, 2.05) is 36.4 Å². The van der Waals surface area contributed by atoms with Gasteiger partial charge < -0.3 is 4.98 Å². The smallest absolute Gasteiger partial charge is 0.164 e. The third-order valence-electron chi connectivity index (χ3n) is 7.88. The fourth-order valence-corrected chi connectivity index (χ4v) is 5.66. The Labute approximate surface area is 249 Å². The van der Waals surface area contributed by atoms with Gasteiger partial charge in [0.1, 0.15) is 0 Å². The number of nitrogens with one attached hydrogen (secondary N) is 1. The molecule has 4 heteroatoms. The fraction of sp³-hybridized carbons (Fsp3) is 0. The van der Waals surface area contributed by atoms with Crippen LogP contribution >= 0.6 is 0 Å². The van der Waals surface area contributed by atoms with Gasteiger partial charge in [0.05, 0.1) is 0 Å². The minimum Gasteiger partial charge on any atom is -0.354 e. The van der Waals surface area contributed by atoms with Crippen LogP contribution in [0.1, 0.15) is 0 Å². The molecule has 0 amide bonds. The molecule has 8 aromatic rings. The molecule has 0 saturated carbocycles. The number of H-pyrrole nitrogens is 1. The number of aromatic amines is 1. The summed E-state index contributed by atoms with van der Waals surface area (Å²) in [6.45, 7) is 0. The van der Waals surface area contributed by atoms with Gasteiger partial charge in [0.2, 0.25) is 0 Å². The highest BCUT2D eigenvalue weighted by Gasteiger charge is 2.14. The molecule has 0 bridgehead atoms. The molecule has 0 aliphatic heterocycles. The van der Waals surface area contributed by atoms with Crippen LogP contribution in [0.4, 0.5) is 0 Å². The number of hydrogen-bond acceptors (Lipinski definition) is 3. The summed E-state index contributed by atoms with van der Waals surface area (Å²) in [7, 11) is 0. The summed E-state index contributed by atoms with van der Waals surface area (Å²) < 4.78 is 0. The zero-order valence-electron chi connectivity index (χ0n) is 23.3. The van der Waals surface area contributed by atoms with Crippen molar-refractivity contribution in [3.63, 3.8) is 0 Å². The van der Waals surface area contributed by atoms with Gasteiger partial charge in [-0.15, -0.1) is 0 Å². The van der Waals surface area contributed by atoms with Crippen molar-refractivity contribution in [2.75, 3.05) is 0 Å². The number of para-hydroxylation sites is 1. The van der Waals surface area contributed by atoms with Gasteiger partial charge in [-0.25, -0.2) is 15.0 Å². The highest BCUT2D eigenvalue weighted by molar-refractivity contribution is 6.08. The van der Waals surface area contributed by atoms with Gasteiger partial charge in [-0.05, 0) is 40.5 Å². The fourth-order valence-electron chi connectivity index (χ4n) is 5.66. The summed E-state index contributed by atoms with van der Waals surface area (Å²) in [5.41, 5.74) is 9.68. The zero-order chi connectivity index (χ0) is 28.6. The molecule has 43 heavy (non-hydrogen) atoms. The molecule has 0 unspecified atom stereocenters. The molecule has 6 aromatic carbocycles. The van der Waals surface area contributed by atoms with E-state index < -0.39 is 0 Å². The van der Waals surface area contributed by atoms with Crippen molar-refractivity contribution in [1.29, 1.82) is 0 Å². The van der Waals surface area contributed by atoms with Crippen LogP contribution in [0.15, 0.2) is 152 Å². The minimum atomic E-state index is 0.643. The maximum absolute atomic E-state index is 4.99. The molecule has 4 nitrogen and oxygen atoms in total. The molecule has 0 aliphatic rings. The molecule has 0 radical (unpaired) electrons.